The zero-order valence-corrected chi connectivity index (χ0v) is 13.7. The summed E-state index contributed by atoms with van der Waals surface area (Å²) in [7, 11) is 1.47. The fourth-order valence-electron chi connectivity index (χ4n) is 2.17. The molecule has 11 heteroatoms. The minimum atomic E-state index is -4.56. The van der Waals surface area contributed by atoms with Gasteiger partial charge in [0.15, 0.2) is 5.69 Å². The van der Waals surface area contributed by atoms with E-state index in [1.807, 2.05) is 0 Å². The van der Waals surface area contributed by atoms with Gasteiger partial charge in [-0.25, -0.2) is 4.98 Å². The smallest absolute Gasteiger partial charge is 0.337 e. The SMILES string of the molecule is CN(Cc1nc2ccsc2c(=O)[nH]1)C(=O)Cn1ccc(C(F)(F)F)n1. The highest BCUT2D eigenvalue weighted by atomic mass is 32.1. The molecule has 0 aliphatic rings. The fraction of sp³-hybridized carbons (Fsp3) is 0.286. The quantitative estimate of drug-likeness (QED) is 0.759. The van der Waals surface area contributed by atoms with Crippen LogP contribution in [0.3, 0.4) is 0 Å². The summed E-state index contributed by atoms with van der Waals surface area (Å²) in [6.45, 7) is -0.329. The molecule has 0 unspecified atom stereocenters. The number of hydrogen-bond acceptors (Lipinski definition) is 5. The summed E-state index contributed by atoms with van der Waals surface area (Å²) in [6.07, 6.45) is -3.47. The number of alkyl halides is 3. The van der Waals surface area contributed by atoms with E-state index in [2.05, 4.69) is 15.1 Å². The first-order valence-electron chi connectivity index (χ1n) is 7.05. The van der Waals surface area contributed by atoms with E-state index in [0.717, 1.165) is 16.9 Å². The summed E-state index contributed by atoms with van der Waals surface area (Å²) in [6, 6.07) is 2.50. The molecular weight excluding hydrogens is 359 g/mol. The number of hydrogen-bond donors (Lipinski definition) is 1. The lowest BCUT2D eigenvalue weighted by Crippen LogP contribution is -2.31. The number of nitrogens with zero attached hydrogens (tertiary/aromatic N) is 4. The second-order valence-electron chi connectivity index (χ2n) is 5.29. The van der Waals surface area contributed by atoms with Crippen molar-refractivity contribution in [3.8, 4) is 0 Å². The molecule has 0 saturated carbocycles. The van der Waals surface area contributed by atoms with E-state index in [4.69, 9.17) is 0 Å². The number of aromatic nitrogens is 4. The van der Waals surface area contributed by atoms with Crippen molar-refractivity contribution in [1.82, 2.24) is 24.6 Å². The Hall–Kier alpha value is -2.69. The standard InChI is InChI=1S/C14H12F3N5O2S/c1-21(6-10-18-8-3-5-25-12(8)13(24)19-10)11(23)7-22-4-2-9(20-22)14(15,16)17/h2-5H,6-7H2,1H3,(H,18,19,24). The van der Waals surface area contributed by atoms with E-state index in [1.165, 1.54) is 23.3 Å². The maximum absolute atomic E-state index is 12.5. The number of amides is 1. The minimum absolute atomic E-state index is 0.0211. The Kier molecular flexibility index (Phi) is 4.33. The summed E-state index contributed by atoms with van der Waals surface area (Å²) >= 11 is 1.26. The molecule has 3 rings (SSSR count). The molecule has 0 aromatic carbocycles. The Morgan fingerprint density at radius 3 is 2.84 bits per heavy atom. The monoisotopic (exact) mass is 371 g/mol. The molecule has 0 saturated heterocycles. The number of likely N-dealkylation sites (N-methyl/N-ethyl adjacent to an activating group) is 1. The van der Waals surface area contributed by atoms with Crippen molar-refractivity contribution >= 4 is 27.5 Å². The first-order chi connectivity index (χ1) is 11.7. The number of nitrogens with one attached hydrogen (secondary N) is 1. The molecule has 3 aromatic heterocycles. The molecule has 25 heavy (non-hydrogen) atoms. The molecule has 0 radical (unpaired) electrons. The molecule has 3 heterocycles. The normalized spacial score (nSPS) is 11.8. The van der Waals surface area contributed by atoms with Crippen molar-refractivity contribution in [2.45, 2.75) is 19.3 Å². The predicted molar refractivity (Wildman–Crippen MR) is 83.9 cm³/mol. The van der Waals surface area contributed by atoms with Crippen LogP contribution >= 0.6 is 11.3 Å². The first kappa shape index (κ1) is 17.1. The van der Waals surface area contributed by atoms with Crippen LogP contribution in [0.15, 0.2) is 28.5 Å². The number of rotatable bonds is 4. The molecule has 0 fully saturated rings. The largest absolute Gasteiger partial charge is 0.435 e. The molecule has 1 amide bonds. The van der Waals surface area contributed by atoms with Crippen molar-refractivity contribution in [1.29, 1.82) is 0 Å². The average Bonchev–Trinajstić information content (AvgIpc) is 3.15. The van der Waals surface area contributed by atoms with E-state index >= 15 is 0 Å². The van der Waals surface area contributed by atoms with Crippen molar-refractivity contribution in [2.24, 2.45) is 0 Å². The number of H-pyrrole nitrogens is 1. The molecule has 132 valence electrons. The molecule has 0 bridgehead atoms. The van der Waals surface area contributed by atoms with Crippen LogP contribution in [0.5, 0.6) is 0 Å². The zero-order valence-electron chi connectivity index (χ0n) is 12.9. The third-order valence-corrected chi connectivity index (χ3v) is 4.31. The van der Waals surface area contributed by atoms with Gasteiger partial charge in [-0.1, -0.05) is 0 Å². The topological polar surface area (TPSA) is 83.9 Å². The van der Waals surface area contributed by atoms with Crippen LogP contribution in [0, 0.1) is 0 Å². The Bertz CT molecular complexity index is 975. The van der Waals surface area contributed by atoms with Gasteiger partial charge >= 0.3 is 6.18 Å². The number of halogens is 3. The van der Waals surface area contributed by atoms with Crippen LogP contribution in [0.1, 0.15) is 11.5 Å². The molecule has 7 nitrogen and oxygen atoms in total. The van der Waals surface area contributed by atoms with Crippen LogP contribution in [0.2, 0.25) is 0 Å². The Morgan fingerprint density at radius 2 is 2.16 bits per heavy atom. The van der Waals surface area contributed by atoms with Gasteiger partial charge in [0.25, 0.3) is 5.56 Å². The molecular formula is C14H12F3N5O2S. The molecule has 0 aliphatic carbocycles. The predicted octanol–water partition coefficient (Wildman–Crippen LogP) is 1.86. The molecule has 1 N–H and O–H groups in total. The fourth-order valence-corrected chi connectivity index (χ4v) is 2.90. The third kappa shape index (κ3) is 3.71. The van der Waals surface area contributed by atoms with Gasteiger partial charge in [-0.05, 0) is 17.5 Å². The van der Waals surface area contributed by atoms with Crippen molar-refractivity contribution in [2.75, 3.05) is 7.05 Å². The summed E-state index contributed by atoms with van der Waals surface area (Å²) in [4.78, 5) is 32.1. The van der Waals surface area contributed by atoms with Crippen LogP contribution in [0.25, 0.3) is 10.2 Å². The zero-order chi connectivity index (χ0) is 18.2. The number of carbonyl (C=O) groups excluding carboxylic acids is 1. The highest BCUT2D eigenvalue weighted by Gasteiger charge is 2.33. The number of thiophene rings is 1. The van der Waals surface area contributed by atoms with Gasteiger partial charge in [-0.2, -0.15) is 18.3 Å². The van der Waals surface area contributed by atoms with Gasteiger partial charge in [-0.3, -0.25) is 14.3 Å². The van der Waals surface area contributed by atoms with Gasteiger partial charge in [0.1, 0.15) is 17.1 Å². The highest BCUT2D eigenvalue weighted by molar-refractivity contribution is 7.17. The van der Waals surface area contributed by atoms with Crippen molar-refractivity contribution in [3.63, 3.8) is 0 Å². The Labute approximate surface area is 142 Å². The molecule has 0 aliphatic heterocycles. The molecule has 0 spiro atoms. The van der Waals surface area contributed by atoms with Crippen LogP contribution in [0.4, 0.5) is 13.2 Å². The maximum Gasteiger partial charge on any atom is 0.435 e. The van der Waals surface area contributed by atoms with Crippen molar-refractivity contribution in [3.05, 3.63) is 45.6 Å². The Morgan fingerprint density at radius 1 is 1.40 bits per heavy atom. The van der Waals surface area contributed by atoms with Crippen LogP contribution in [-0.2, 0) is 24.1 Å². The summed E-state index contributed by atoms with van der Waals surface area (Å²) in [5.41, 5.74) is -0.818. The lowest BCUT2D eigenvalue weighted by atomic mass is 10.4. The average molecular weight is 371 g/mol. The summed E-state index contributed by atoms with van der Waals surface area (Å²) < 4.78 is 38.9. The van der Waals surface area contributed by atoms with E-state index in [1.54, 1.807) is 11.4 Å². The second kappa shape index (κ2) is 6.31. The third-order valence-electron chi connectivity index (χ3n) is 3.40. The van der Waals surface area contributed by atoms with Crippen LogP contribution in [-0.4, -0.2) is 37.6 Å². The number of aromatic amines is 1. The minimum Gasteiger partial charge on any atom is -0.337 e. The van der Waals surface area contributed by atoms with Gasteiger partial charge in [-0.15, -0.1) is 11.3 Å². The lowest BCUT2D eigenvalue weighted by Gasteiger charge is -2.16. The van der Waals surface area contributed by atoms with E-state index in [-0.39, 0.29) is 18.6 Å². The maximum atomic E-state index is 12.5. The lowest BCUT2D eigenvalue weighted by molar-refractivity contribution is -0.142. The Balaban J connectivity index is 1.69. The van der Waals surface area contributed by atoms with Gasteiger partial charge in [0.05, 0.1) is 12.1 Å². The highest BCUT2D eigenvalue weighted by Crippen LogP contribution is 2.27. The number of fused-ring (bicyclic) bond motifs is 1. The first-order valence-corrected chi connectivity index (χ1v) is 7.93. The summed E-state index contributed by atoms with van der Waals surface area (Å²) in [5, 5.41) is 5.07. The number of carbonyl (C=O) groups is 1. The van der Waals surface area contributed by atoms with E-state index in [9.17, 15) is 22.8 Å². The van der Waals surface area contributed by atoms with E-state index < -0.39 is 17.8 Å². The molecule has 3 aromatic rings. The van der Waals surface area contributed by atoms with E-state index in [0.29, 0.717) is 16.0 Å². The van der Waals surface area contributed by atoms with Crippen molar-refractivity contribution < 1.29 is 18.0 Å². The van der Waals surface area contributed by atoms with Gasteiger partial charge < -0.3 is 9.88 Å². The van der Waals surface area contributed by atoms with Gasteiger partial charge in [0.2, 0.25) is 5.91 Å². The summed E-state index contributed by atoms with van der Waals surface area (Å²) in [5.74, 6) is -0.173. The van der Waals surface area contributed by atoms with Gasteiger partial charge in [0, 0.05) is 13.2 Å². The second-order valence-corrected chi connectivity index (χ2v) is 6.21. The molecule has 0 atom stereocenters. The van der Waals surface area contributed by atoms with Crippen LogP contribution < -0.4 is 5.56 Å².